The zero-order valence-corrected chi connectivity index (χ0v) is 14.7. The van der Waals surface area contributed by atoms with Crippen LogP contribution in [0.2, 0.25) is 5.02 Å². The topological polar surface area (TPSA) is 12.0 Å². The Balaban J connectivity index is 2.51. The van der Waals surface area contributed by atoms with Gasteiger partial charge >= 0.3 is 0 Å². The molecule has 0 radical (unpaired) electrons. The summed E-state index contributed by atoms with van der Waals surface area (Å²) in [6, 6.07) is 8.17. The van der Waals surface area contributed by atoms with Crippen molar-refractivity contribution >= 4 is 54.8 Å². The van der Waals surface area contributed by atoms with Crippen LogP contribution in [0.25, 0.3) is 0 Å². The Labute approximate surface area is 133 Å². The van der Waals surface area contributed by atoms with Crippen molar-refractivity contribution in [2.45, 2.75) is 13.0 Å². The second-order valence-electron chi connectivity index (χ2n) is 3.95. The molecular weight excluding hydrogens is 397 g/mol. The van der Waals surface area contributed by atoms with E-state index in [1.807, 2.05) is 25.2 Å². The molecule has 0 fully saturated rings. The van der Waals surface area contributed by atoms with Crippen LogP contribution in [0.3, 0.4) is 0 Å². The van der Waals surface area contributed by atoms with Crippen molar-refractivity contribution < 1.29 is 0 Å². The molecule has 0 spiro atoms. The van der Waals surface area contributed by atoms with Crippen molar-refractivity contribution in [1.82, 2.24) is 5.32 Å². The van der Waals surface area contributed by atoms with Crippen molar-refractivity contribution in [2.24, 2.45) is 0 Å². The molecule has 1 aromatic carbocycles. The predicted octanol–water partition coefficient (Wildman–Crippen LogP) is 5.54. The predicted molar refractivity (Wildman–Crippen MR) is 86.8 cm³/mol. The zero-order valence-electron chi connectivity index (χ0n) is 9.93. The fourth-order valence-corrected chi connectivity index (χ4v) is 4.36. The molecular formula is C13H12Br2ClNS. The summed E-state index contributed by atoms with van der Waals surface area (Å²) in [4.78, 5) is 1.30. The van der Waals surface area contributed by atoms with Gasteiger partial charge in [-0.1, -0.05) is 27.5 Å². The smallest absolute Gasteiger partial charge is 0.0704 e. The lowest BCUT2D eigenvalue weighted by atomic mass is 10.00. The molecule has 1 aromatic heterocycles. The van der Waals surface area contributed by atoms with Gasteiger partial charge in [-0.2, -0.15) is 0 Å². The van der Waals surface area contributed by atoms with E-state index in [1.54, 1.807) is 11.3 Å². The lowest BCUT2D eigenvalue weighted by Crippen LogP contribution is -2.18. The standard InChI is InChI=1S/C13H12Br2ClNS/c1-7-9(6-12(15)18-7)13(17-2)10-5-8(16)3-4-11(10)14/h3-6,13,17H,1-2H3. The van der Waals surface area contributed by atoms with Crippen molar-refractivity contribution in [2.75, 3.05) is 7.05 Å². The van der Waals surface area contributed by atoms with Gasteiger partial charge in [-0.25, -0.2) is 0 Å². The van der Waals surface area contributed by atoms with E-state index in [1.165, 1.54) is 10.4 Å². The third-order valence-corrected chi connectivity index (χ3v) is 5.32. The average molecular weight is 410 g/mol. The maximum atomic E-state index is 6.10. The molecule has 5 heteroatoms. The number of rotatable bonds is 3. The van der Waals surface area contributed by atoms with E-state index < -0.39 is 0 Å². The van der Waals surface area contributed by atoms with Crippen LogP contribution in [-0.4, -0.2) is 7.05 Å². The lowest BCUT2D eigenvalue weighted by Gasteiger charge is -2.18. The van der Waals surface area contributed by atoms with Crippen LogP contribution in [0.15, 0.2) is 32.5 Å². The summed E-state index contributed by atoms with van der Waals surface area (Å²) in [5.41, 5.74) is 2.43. The lowest BCUT2D eigenvalue weighted by molar-refractivity contribution is 0.688. The molecule has 0 saturated heterocycles. The summed E-state index contributed by atoms with van der Waals surface area (Å²) in [7, 11) is 1.96. The van der Waals surface area contributed by atoms with Crippen molar-refractivity contribution in [3.63, 3.8) is 0 Å². The molecule has 18 heavy (non-hydrogen) atoms. The summed E-state index contributed by atoms with van der Waals surface area (Å²) in [6.07, 6.45) is 0. The van der Waals surface area contributed by atoms with Crippen molar-refractivity contribution in [3.8, 4) is 0 Å². The fraction of sp³-hybridized carbons (Fsp3) is 0.231. The first-order chi connectivity index (χ1) is 8.52. The summed E-state index contributed by atoms with van der Waals surface area (Å²) >= 11 is 15.0. The second kappa shape index (κ2) is 6.06. The monoisotopic (exact) mass is 407 g/mol. The molecule has 2 rings (SSSR count). The van der Waals surface area contributed by atoms with Crippen molar-refractivity contribution in [3.05, 3.63) is 53.6 Å². The van der Waals surface area contributed by atoms with E-state index in [4.69, 9.17) is 11.6 Å². The largest absolute Gasteiger partial charge is 0.309 e. The third kappa shape index (κ3) is 2.99. The first kappa shape index (κ1) is 14.5. The number of benzene rings is 1. The van der Waals surface area contributed by atoms with Crippen molar-refractivity contribution in [1.29, 1.82) is 0 Å². The molecule has 1 heterocycles. The van der Waals surface area contributed by atoms with E-state index in [0.29, 0.717) is 0 Å². The van der Waals surface area contributed by atoms with Gasteiger partial charge in [-0.3, -0.25) is 0 Å². The van der Waals surface area contributed by atoms with Gasteiger partial charge in [0.1, 0.15) is 0 Å². The summed E-state index contributed by atoms with van der Waals surface area (Å²) in [5.74, 6) is 0. The van der Waals surface area contributed by atoms with E-state index in [0.717, 1.165) is 18.8 Å². The zero-order chi connectivity index (χ0) is 13.3. The number of nitrogens with one attached hydrogen (secondary N) is 1. The molecule has 0 saturated carbocycles. The molecule has 0 aliphatic carbocycles. The maximum absolute atomic E-state index is 6.10. The van der Waals surface area contributed by atoms with Gasteiger partial charge in [-0.15, -0.1) is 11.3 Å². The first-order valence-corrected chi connectivity index (χ1v) is 8.19. The first-order valence-electron chi connectivity index (χ1n) is 5.41. The van der Waals surface area contributed by atoms with Crippen LogP contribution in [0, 0.1) is 6.92 Å². The molecule has 2 aromatic rings. The Morgan fingerprint density at radius 1 is 1.22 bits per heavy atom. The second-order valence-corrected chi connectivity index (χ2v) is 7.88. The van der Waals surface area contributed by atoms with Crippen LogP contribution >= 0.6 is 54.8 Å². The number of hydrogen-bond acceptors (Lipinski definition) is 2. The Bertz CT molecular complexity index is 568. The van der Waals surface area contributed by atoms with Gasteiger partial charge in [0, 0.05) is 14.4 Å². The van der Waals surface area contributed by atoms with Gasteiger partial charge in [0.25, 0.3) is 0 Å². The maximum Gasteiger partial charge on any atom is 0.0704 e. The van der Waals surface area contributed by atoms with Crippen LogP contribution in [0.1, 0.15) is 22.0 Å². The normalized spacial score (nSPS) is 12.7. The highest BCUT2D eigenvalue weighted by Gasteiger charge is 2.19. The van der Waals surface area contributed by atoms with Gasteiger partial charge in [0.2, 0.25) is 0 Å². The van der Waals surface area contributed by atoms with Gasteiger partial charge in [-0.05, 0) is 65.3 Å². The molecule has 1 atom stereocenters. The van der Waals surface area contributed by atoms with Crippen LogP contribution in [0.4, 0.5) is 0 Å². The molecule has 96 valence electrons. The highest BCUT2D eigenvalue weighted by atomic mass is 79.9. The summed E-state index contributed by atoms with van der Waals surface area (Å²) in [5, 5.41) is 4.10. The number of thiophene rings is 1. The van der Waals surface area contributed by atoms with Crippen LogP contribution in [-0.2, 0) is 0 Å². The molecule has 0 amide bonds. The van der Waals surface area contributed by atoms with Crippen LogP contribution in [0.5, 0.6) is 0 Å². The molecule has 0 aliphatic heterocycles. The minimum absolute atomic E-state index is 0.139. The van der Waals surface area contributed by atoms with E-state index >= 15 is 0 Å². The Morgan fingerprint density at radius 3 is 2.50 bits per heavy atom. The number of halogens is 3. The van der Waals surface area contributed by atoms with Gasteiger partial charge in [0.05, 0.1) is 9.83 Å². The number of aryl methyl sites for hydroxylation is 1. The summed E-state index contributed by atoms with van der Waals surface area (Å²) < 4.78 is 2.21. The SMILES string of the molecule is CNC(c1cc(Cl)ccc1Br)c1cc(Br)sc1C. The molecule has 1 N–H and O–H groups in total. The Hall–Kier alpha value is 0.130. The molecule has 1 nitrogen and oxygen atoms in total. The summed E-state index contributed by atoms with van der Waals surface area (Å²) in [6.45, 7) is 2.13. The van der Waals surface area contributed by atoms with E-state index in [-0.39, 0.29) is 6.04 Å². The van der Waals surface area contributed by atoms with E-state index in [9.17, 15) is 0 Å². The molecule has 0 bridgehead atoms. The number of hydrogen-bond donors (Lipinski definition) is 1. The average Bonchev–Trinajstić information content (AvgIpc) is 2.64. The third-order valence-electron chi connectivity index (χ3n) is 2.79. The minimum Gasteiger partial charge on any atom is -0.309 e. The van der Waals surface area contributed by atoms with Crippen LogP contribution < -0.4 is 5.32 Å². The van der Waals surface area contributed by atoms with Gasteiger partial charge < -0.3 is 5.32 Å². The van der Waals surface area contributed by atoms with Gasteiger partial charge in [0.15, 0.2) is 0 Å². The Kier molecular flexibility index (Phi) is 4.89. The Morgan fingerprint density at radius 2 is 1.94 bits per heavy atom. The highest BCUT2D eigenvalue weighted by Crippen LogP contribution is 2.36. The minimum atomic E-state index is 0.139. The molecule has 0 aliphatic rings. The quantitative estimate of drug-likeness (QED) is 0.701. The fourth-order valence-electron chi connectivity index (χ4n) is 1.96. The van der Waals surface area contributed by atoms with E-state index in [2.05, 4.69) is 50.2 Å². The highest BCUT2D eigenvalue weighted by molar-refractivity contribution is 9.11. The molecule has 1 unspecified atom stereocenters.